The SMILES string of the molecule is C.CCS(=O)(=O)CCN(C(=O)Cc1ccc(F)c(C(F)(F)F)c1)[C@H](C)c1nc(C2CC2)cn1-c1ccc(C#N)cc1. The van der Waals surface area contributed by atoms with Crippen molar-refractivity contribution >= 4 is 15.7 Å². The first kappa shape index (κ1) is 31.8. The molecule has 1 aliphatic rings. The predicted molar refractivity (Wildman–Crippen MR) is 147 cm³/mol. The topological polar surface area (TPSA) is 96.1 Å². The third-order valence-corrected chi connectivity index (χ3v) is 8.64. The molecule has 0 spiro atoms. The smallest absolute Gasteiger partial charge is 0.331 e. The molecular weight excluding hydrogens is 560 g/mol. The average Bonchev–Trinajstić information content (AvgIpc) is 3.67. The van der Waals surface area contributed by atoms with Gasteiger partial charge in [0, 0.05) is 30.1 Å². The van der Waals surface area contributed by atoms with Gasteiger partial charge in [0.1, 0.15) is 11.6 Å². The van der Waals surface area contributed by atoms with Crippen molar-refractivity contribution in [1.29, 1.82) is 5.26 Å². The Morgan fingerprint density at radius 2 is 1.85 bits per heavy atom. The number of hydrogen-bond donors (Lipinski definition) is 0. The monoisotopic (exact) mass is 592 g/mol. The molecule has 3 aromatic rings. The number of hydrogen-bond acceptors (Lipinski definition) is 5. The molecule has 1 amide bonds. The summed E-state index contributed by atoms with van der Waals surface area (Å²) in [5, 5.41) is 9.16. The van der Waals surface area contributed by atoms with Crippen molar-refractivity contribution in [2.75, 3.05) is 18.1 Å². The molecule has 1 fully saturated rings. The molecule has 0 aliphatic heterocycles. The maximum atomic E-state index is 13.8. The van der Waals surface area contributed by atoms with E-state index in [1.807, 2.05) is 6.20 Å². The van der Waals surface area contributed by atoms with E-state index >= 15 is 0 Å². The number of carbonyl (C=O) groups excluding carboxylic acids is 1. The molecule has 1 saturated carbocycles. The lowest BCUT2D eigenvalue weighted by molar-refractivity contribution is -0.140. The van der Waals surface area contributed by atoms with Crippen LogP contribution >= 0.6 is 0 Å². The van der Waals surface area contributed by atoms with Gasteiger partial charge in [-0.05, 0) is 61.7 Å². The van der Waals surface area contributed by atoms with E-state index in [-0.39, 0.29) is 37.0 Å². The van der Waals surface area contributed by atoms with Gasteiger partial charge in [0.25, 0.3) is 0 Å². The second-order valence-corrected chi connectivity index (χ2v) is 12.3. The van der Waals surface area contributed by atoms with Crippen LogP contribution in [0, 0.1) is 17.1 Å². The van der Waals surface area contributed by atoms with Crippen LogP contribution in [0.2, 0.25) is 0 Å². The number of nitrogens with zero attached hydrogens (tertiary/aromatic N) is 4. The molecule has 1 atom stereocenters. The third-order valence-electron chi connectivity index (χ3n) is 6.96. The molecule has 1 aliphatic carbocycles. The molecule has 0 unspecified atom stereocenters. The Balaban J connectivity index is 0.00000462. The summed E-state index contributed by atoms with van der Waals surface area (Å²) in [6.07, 6.45) is -1.65. The molecule has 0 saturated heterocycles. The number of aromatic nitrogens is 2. The molecule has 2 aromatic carbocycles. The van der Waals surface area contributed by atoms with Crippen molar-refractivity contribution in [1.82, 2.24) is 14.5 Å². The minimum atomic E-state index is -4.93. The largest absolute Gasteiger partial charge is 0.419 e. The Labute approximate surface area is 237 Å². The molecule has 0 N–H and O–H groups in total. The zero-order valence-electron chi connectivity index (χ0n) is 21.9. The zero-order chi connectivity index (χ0) is 29.2. The maximum absolute atomic E-state index is 13.8. The quantitative estimate of drug-likeness (QED) is 0.270. The Bertz CT molecular complexity index is 1540. The minimum Gasteiger partial charge on any atom is -0.331 e. The van der Waals surface area contributed by atoms with E-state index in [0.29, 0.717) is 29.2 Å². The van der Waals surface area contributed by atoms with E-state index in [4.69, 9.17) is 10.2 Å². The van der Waals surface area contributed by atoms with Crippen molar-refractivity contribution < 1.29 is 30.8 Å². The van der Waals surface area contributed by atoms with Gasteiger partial charge >= 0.3 is 6.18 Å². The maximum Gasteiger partial charge on any atom is 0.419 e. The van der Waals surface area contributed by atoms with Gasteiger partial charge in [-0.25, -0.2) is 17.8 Å². The van der Waals surface area contributed by atoms with Crippen molar-refractivity contribution in [3.8, 4) is 11.8 Å². The van der Waals surface area contributed by atoms with E-state index < -0.39 is 45.8 Å². The van der Waals surface area contributed by atoms with Crippen LogP contribution in [-0.2, 0) is 27.2 Å². The van der Waals surface area contributed by atoms with Crippen molar-refractivity contribution in [3.63, 3.8) is 0 Å². The predicted octanol–water partition coefficient (Wildman–Crippen LogP) is 5.98. The Morgan fingerprint density at radius 1 is 1.20 bits per heavy atom. The molecule has 0 bridgehead atoms. The highest BCUT2D eigenvalue weighted by molar-refractivity contribution is 7.91. The number of halogens is 4. The summed E-state index contributed by atoms with van der Waals surface area (Å²) in [5.74, 6) is -1.84. The highest BCUT2D eigenvalue weighted by Gasteiger charge is 2.35. The number of rotatable bonds is 10. The van der Waals surface area contributed by atoms with Crippen LogP contribution in [-0.4, -0.2) is 46.8 Å². The van der Waals surface area contributed by atoms with E-state index in [9.17, 15) is 30.8 Å². The molecule has 0 radical (unpaired) electrons. The summed E-state index contributed by atoms with van der Waals surface area (Å²) in [5.41, 5.74) is 0.426. The van der Waals surface area contributed by atoms with E-state index in [0.717, 1.165) is 24.6 Å². The first-order valence-electron chi connectivity index (χ1n) is 12.8. The molecular formula is C29H32F4N4O3S. The number of nitriles is 1. The fraction of sp³-hybridized carbons (Fsp3) is 0.414. The van der Waals surface area contributed by atoms with Crippen molar-refractivity contribution in [3.05, 3.63) is 82.7 Å². The third kappa shape index (κ3) is 7.52. The van der Waals surface area contributed by atoms with E-state index in [1.165, 1.54) is 11.8 Å². The van der Waals surface area contributed by atoms with Crippen LogP contribution in [0.4, 0.5) is 17.6 Å². The lowest BCUT2D eigenvalue weighted by Crippen LogP contribution is -2.39. The Morgan fingerprint density at radius 3 is 2.41 bits per heavy atom. The lowest BCUT2D eigenvalue weighted by atomic mass is 10.1. The van der Waals surface area contributed by atoms with Gasteiger partial charge in [-0.3, -0.25) is 4.79 Å². The first-order chi connectivity index (χ1) is 18.8. The molecule has 4 rings (SSSR count). The molecule has 1 heterocycles. The normalized spacial score (nSPS) is 14.2. The van der Waals surface area contributed by atoms with Gasteiger partial charge in [0.05, 0.1) is 41.1 Å². The fourth-order valence-corrected chi connectivity index (χ4v) is 5.18. The molecule has 41 heavy (non-hydrogen) atoms. The summed E-state index contributed by atoms with van der Waals surface area (Å²) in [4.78, 5) is 19.6. The van der Waals surface area contributed by atoms with Gasteiger partial charge in [-0.1, -0.05) is 20.4 Å². The Kier molecular flexibility index (Phi) is 9.64. The standard InChI is InChI=1S/C28H28F4N4O3S.CH4/c1-3-40(38,39)13-12-35(26(37)15-20-6-11-24(29)23(14-20)28(30,31)32)18(2)27-34-25(21-7-8-21)17-36(27)22-9-4-19(16-33)5-10-22;/h4-6,9-11,14,17-18,21H,3,7-8,12-13,15H2,1-2H3;1H4/t18-;/m1./s1. The van der Waals surface area contributed by atoms with Crippen LogP contribution in [0.25, 0.3) is 5.69 Å². The number of sulfone groups is 1. The average molecular weight is 593 g/mol. The van der Waals surface area contributed by atoms with Gasteiger partial charge < -0.3 is 9.47 Å². The highest BCUT2D eigenvalue weighted by Crippen LogP contribution is 2.40. The zero-order valence-corrected chi connectivity index (χ0v) is 22.8. The van der Waals surface area contributed by atoms with Crippen LogP contribution in [0.5, 0.6) is 0 Å². The molecule has 12 heteroatoms. The Hall–Kier alpha value is -3.72. The number of imidazole rings is 1. The summed E-state index contributed by atoms with van der Waals surface area (Å²) in [7, 11) is -3.49. The summed E-state index contributed by atoms with van der Waals surface area (Å²) >= 11 is 0. The second-order valence-electron chi connectivity index (χ2n) is 9.82. The van der Waals surface area contributed by atoms with Gasteiger partial charge in [-0.15, -0.1) is 0 Å². The fourth-order valence-electron chi connectivity index (χ4n) is 4.42. The number of amides is 1. The number of benzene rings is 2. The van der Waals surface area contributed by atoms with Crippen molar-refractivity contribution in [2.45, 2.75) is 58.7 Å². The van der Waals surface area contributed by atoms with Crippen LogP contribution in [0.3, 0.4) is 0 Å². The molecule has 7 nitrogen and oxygen atoms in total. The van der Waals surface area contributed by atoms with Gasteiger partial charge in [-0.2, -0.15) is 18.4 Å². The second kappa shape index (κ2) is 12.4. The van der Waals surface area contributed by atoms with E-state index in [1.54, 1.807) is 35.8 Å². The van der Waals surface area contributed by atoms with Crippen molar-refractivity contribution in [2.24, 2.45) is 0 Å². The lowest BCUT2D eigenvalue weighted by Gasteiger charge is -2.29. The first-order valence-corrected chi connectivity index (χ1v) is 14.6. The van der Waals surface area contributed by atoms with Crippen LogP contribution in [0.15, 0.2) is 48.7 Å². The highest BCUT2D eigenvalue weighted by atomic mass is 32.2. The van der Waals surface area contributed by atoms with Gasteiger partial charge in [0.15, 0.2) is 9.84 Å². The van der Waals surface area contributed by atoms with Crippen LogP contribution in [0.1, 0.15) is 74.3 Å². The molecule has 1 aromatic heterocycles. The number of carbonyl (C=O) groups is 1. The van der Waals surface area contributed by atoms with Crippen LogP contribution < -0.4 is 0 Å². The summed E-state index contributed by atoms with van der Waals surface area (Å²) in [6, 6.07) is 10.4. The minimum absolute atomic E-state index is 0. The summed E-state index contributed by atoms with van der Waals surface area (Å²) in [6.45, 7) is 2.96. The van der Waals surface area contributed by atoms with Gasteiger partial charge in [0.2, 0.25) is 5.91 Å². The molecule has 220 valence electrons. The number of alkyl halides is 3. The van der Waals surface area contributed by atoms with E-state index in [2.05, 4.69) is 6.07 Å². The summed E-state index contributed by atoms with van der Waals surface area (Å²) < 4.78 is 80.1.